The zero-order valence-electron chi connectivity index (χ0n) is 10.2. The summed E-state index contributed by atoms with van der Waals surface area (Å²) in [4.78, 5) is 4.71. The maximum Gasteiger partial charge on any atom is 0.123 e. The molecule has 0 amide bonds. The highest BCUT2D eigenvalue weighted by atomic mass is 32.1. The second-order valence-electron chi connectivity index (χ2n) is 5.16. The predicted molar refractivity (Wildman–Crippen MR) is 71.0 cm³/mol. The number of aryl methyl sites for hydroxylation is 1. The third-order valence-corrected chi connectivity index (χ3v) is 3.43. The number of hydrogen-bond donors (Lipinski definition) is 0. The van der Waals surface area contributed by atoms with Crippen LogP contribution in [0.1, 0.15) is 32.0 Å². The number of thiazole rings is 1. The van der Waals surface area contributed by atoms with Crippen molar-refractivity contribution in [1.82, 2.24) is 4.98 Å². The summed E-state index contributed by atoms with van der Waals surface area (Å²) in [5.74, 6) is 0. The molecule has 2 rings (SSSR count). The van der Waals surface area contributed by atoms with Crippen molar-refractivity contribution >= 4 is 11.3 Å². The maximum absolute atomic E-state index is 4.71. The van der Waals surface area contributed by atoms with E-state index in [1.54, 1.807) is 11.3 Å². The molecule has 0 radical (unpaired) electrons. The van der Waals surface area contributed by atoms with Crippen LogP contribution >= 0.6 is 11.3 Å². The second-order valence-corrected chi connectivity index (χ2v) is 6.02. The zero-order chi connectivity index (χ0) is 11.8. The summed E-state index contributed by atoms with van der Waals surface area (Å²) in [5, 5.41) is 3.28. The van der Waals surface area contributed by atoms with Gasteiger partial charge >= 0.3 is 0 Å². The van der Waals surface area contributed by atoms with Crippen molar-refractivity contribution in [2.45, 2.75) is 33.1 Å². The molecule has 1 aromatic carbocycles. The molecule has 84 valence electrons. The fraction of sp³-hybridized carbons (Fsp3) is 0.357. The van der Waals surface area contributed by atoms with Gasteiger partial charge in [0.1, 0.15) is 5.01 Å². The Hall–Kier alpha value is -1.15. The van der Waals surface area contributed by atoms with E-state index in [0.717, 1.165) is 5.01 Å². The first-order valence-electron chi connectivity index (χ1n) is 5.50. The minimum Gasteiger partial charge on any atom is -0.241 e. The van der Waals surface area contributed by atoms with Gasteiger partial charge in [0.15, 0.2) is 0 Å². The van der Waals surface area contributed by atoms with Crippen LogP contribution < -0.4 is 0 Å². The molecule has 0 atom stereocenters. The van der Waals surface area contributed by atoms with Crippen LogP contribution in [0.3, 0.4) is 0 Å². The molecular weight excluding hydrogens is 214 g/mol. The lowest BCUT2D eigenvalue weighted by Crippen LogP contribution is -2.11. The summed E-state index contributed by atoms with van der Waals surface area (Å²) in [6, 6.07) is 8.51. The average Bonchev–Trinajstić information content (AvgIpc) is 2.65. The number of benzene rings is 1. The molecule has 0 fully saturated rings. The van der Waals surface area contributed by atoms with Crippen molar-refractivity contribution in [3.8, 4) is 10.6 Å². The Morgan fingerprint density at radius 1 is 1.19 bits per heavy atom. The largest absolute Gasteiger partial charge is 0.241 e. The van der Waals surface area contributed by atoms with E-state index in [0.29, 0.717) is 0 Å². The molecule has 0 unspecified atom stereocenters. The summed E-state index contributed by atoms with van der Waals surface area (Å²) in [5.41, 5.74) is 3.82. The average molecular weight is 231 g/mol. The summed E-state index contributed by atoms with van der Waals surface area (Å²) < 4.78 is 0. The van der Waals surface area contributed by atoms with E-state index in [9.17, 15) is 0 Å². The van der Waals surface area contributed by atoms with Crippen molar-refractivity contribution in [2.24, 2.45) is 0 Å². The molecule has 0 aliphatic heterocycles. The molecule has 2 aromatic rings. The van der Waals surface area contributed by atoms with Crippen LogP contribution in [-0.4, -0.2) is 4.98 Å². The van der Waals surface area contributed by atoms with Crippen LogP contribution in [0, 0.1) is 6.92 Å². The van der Waals surface area contributed by atoms with Gasteiger partial charge in [-0.05, 0) is 13.0 Å². The topological polar surface area (TPSA) is 12.9 Å². The second kappa shape index (κ2) is 4.02. The first-order valence-corrected chi connectivity index (χ1v) is 6.38. The van der Waals surface area contributed by atoms with Gasteiger partial charge in [-0.15, -0.1) is 11.3 Å². The summed E-state index contributed by atoms with van der Waals surface area (Å²) >= 11 is 1.73. The molecule has 0 bridgehead atoms. The molecule has 1 heterocycles. The smallest absolute Gasteiger partial charge is 0.123 e. The highest BCUT2D eigenvalue weighted by molar-refractivity contribution is 7.13. The SMILES string of the molecule is Cc1cccc(-c2nc(C(C)(C)C)cs2)c1. The van der Waals surface area contributed by atoms with Gasteiger partial charge in [-0.25, -0.2) is 4.98 Å². The third kappa shape index (κ3) is 2.33. The lowest BCUT2D eigenvalue weighted by atomic mass is 9.93. The van der Waals surface area contributed by atoms with Crippen molar-refractivity contribution in [3.63, 3.8) is 0 Å². The minimum atomic E-state index is 0.137. The Labute approximate surface area is 101 Å². The lowest BCUT2D eigenvalue weighted by molar-refractivity contribution is 0.573. The molecular formula is C14H17NS. The van der Waals surface area contributed by atoms with Gasteiger partial charge in [-0.1, -0.05) is 44.5 Å². The van der Waals surface area contributed by atoms with Gasteiger partial charge in [0.05, 0.1) is 5.69 Å². The minimum absolute atomic E-state index is 0.137. The number of aromatic nitrogens is 1. The molecule has 0 spiro atoms. The highest BCUT2D eigenvalue weighted by Crippen LogP contribution is 2.29. The molecule has 2 heteroatoms. The van der Waals surface area contributed by atoms with Crippen molar-refractivity contribution in [2.75, 3.05) is 0 Å². The van der Waals surface area contributed by atoms with Crippen molar-refractivity contribution < 1.29 is 0 Å². The van der Waals surface area contributed by atoms with Gasteiger partial charge in [-0.2, -0.15) is 0 Å². The van der Waals surface area contributed by atoms with Crippen molar-refractivity contribution in [3.05, 3.63) is 40.9 Å². The normalized spacial score (nSPS) is 11.8. The Kier molecular flexibility index (Phi) is 2.85. The third-order valence-electron chi connectivity index (χ3n) is 2.54. The van der Waals surface area contributed by atoms with E-state index >= 15 is 0 Å². The van der Waals surface area contributed by atoms with Crippen LogP contribution in [0.25, 0.3) is 10.6 Å². The van der Waals surface area contributed by atoms with Crippen LogP contribution in [0.2, 0.25) is 0 Å². The Morgan fingerprint density at radius 2 is 1.94 bits per heavy atom. The molecule has 16 heavy (non-hydrogen) atoms. The molecule has 0 saturated carbocycles. The van der Waals surface area contributed by atoms with Gasteiger partial charge in [0.25, 0.3) is 0 Å². The fourth-order valence-corrected chi connectivity index (χ4v) is 2.57. The van der Waals surface area contributed by atoms with Gasteiger partial charge in [0, 0.05) is 16.4 Å². The van der Waals surface area contributed by atoms with Gasteiger partial charge in [0.2, 0.25) is 0 Å². The van der Waals surface area contributed by atoms with E-state index in [4.69, 9.17) is 4.98 Å². The lowest BCUT2D eigenvalue weighted by Gasteiger charge is -2.14. The van der Waals surface area contributed by atoms with E-state index < -0.39 is 0 Å². The summed E-state index contributed by atoms with van der Waals surface area (Å²) in [7, 11) is 0. The van der Waals surface area contributed by atoms with Gasteiger partial charge < -0.3 is 0 Å². The number of rotatable bonds is 1. The highest BCUT2D eigenvalue weighted by Gasteiger charge is 2.17. The standard InChI is InChI=1S/C14H17NS/c1-10-6-5-7-11(8-10)13-15-12(9-16-13)14(2,3)4/h5-9H,1-4H3. The molecule has 0 N–H and O–H groups in total. The zero-order valence-corrected chi connectivity index (χ0v) is 11.1. The van der Waals surface area contributed by atoms with E-state index in [2.05, 4.69) is 57.3 Å². The first-order chi connectivity index (χ1) is 7.47. The Morgan fingerprint density at radius 3 is 2.50 bits per heavy atom. The van der Waals surface area contributed by atoms with Gasteiger partial charge in [-0.3, -0.25) is 0 Å². The maximum atomic E-state index is 4.71. The molecule has 0 saturated heterocycles. The van der Waals surface area contributed by atoms with Crippen LogP contribution in [0.4, 0.5) is 0 Å². The molecule has 1 aromatic heterocycles. The molecule has 1 nitrogen and oxygen atoms in total. The number of hydrogen-bond acceptors (Lipinski definition) is 2. The van der Waals surface area contributed by atoms with Crippen molar-refractivity contribution in [1.29, 1.82) is 0 Å². The molecule has 0 aliphatic rings. The molecule has 0 aliphatic carbocycles. The van der Waals surface area contributed by atoms with E-state index in [-0.39, 0.29) is 5.41 Å². The fourth-order valence-electron chi connectivity index (χ4n) is 1.53. The summed E-state index contributed by atoms with van der Waals surface area (Å²) in [6.07, 6.45) is 0. The van der Waals surface area contributed by atoms with E-state index in [1.807, 2.05) is 0 Å². The van der Waals surface area contributed by atoms with E-state index in [1.165, 1.54) is 16.8 Å². The summed E-state index contributed by atoms with van der Waals surface area (Å²) in [6.45, 7) is 8.70. The van der Waals surface area contributed by atoms with Crippen LogP contribution in [-0.2, 0) is 5.41 Å². The Balaban J connectivity index is 2.39. The quantitative estimate of drug-likeness (QED) is 0.708. The van der Waals surface area contributed by atoms with Crippen LogP contribution in [0.5, 0.6) is 0 Å². The number of nitrogens with zero attached hydrogens (tertiary/aromatic N) is 1. The van der Waals surface area contributed by atoms with Crippen LogP contribution in [0.15, 0.2) is 29.6 Å². The predicted octanol–water partition coefficient (Wildman–Crippen LogP) is 4.42. The first kappa shape index (κ1) is 11.3. The monoisotopic (exact) mass is 231 g/mol. The Bertz CT molecular complexity index is 491.